The van der Waals surface area contributed by atoms with E-state index in [4.69, 9.17) is 6.42 Å². The molecule has 2 heteroatoms. The van der Waals surface area contributed by atoms with E-state index in [0.717, 1.165) is 8.20 Å². The molecule has 0 saturated carbocycles. The highest BCUT2D eigenvalue weighted by molar-refractivity contribution is 7.42. The first-order valence-electron chi connectivity index (χ1n) is 3.33. The Kier molecular flexibility index (Phi) is 5.43. The predicted octanol–water partition coefficient (Wildman–Crippen LogP) is 2.11. The van der Waals surface area contributed by atoms with Gasteiger partial charge in [0.05, 0.1) is 0 Å². The Bertz CT molecular complexity index is 220. The van der Waals surface area contributed by atoms with Crippen molar-refractivity contribution in [3.8, 4) is 12.3 Å². The summed E-state index contributed by atoms with van der Waals surface area (Å²) in [6.07, 6.45) is 7.05. The van der Waals surface area contributed by atoms with Crippen LogP contribution in [0.15, 0.2) is 11.9 Å². The molecule has 0 spiro atoms. The molecule has 0 aliphatic carbocycles. The van der Waals surface area contributed by atoms with Crippen molar-refractivity contribution in [1.29, 1.82) is 0 Å². The van der Waals surface area contributed by atoms with E-state index in [1.807, 2.05) is 24.6 Å². The highest BCUT2D eigenvalue weighted by Crippen LogP contribution is 2.02. The summed E-state index contributed by atoms with van der Waals surface area (Å²) in [5, 5.41) is 0. The van der Waals surface area contributed by atoms with E-state index in [2.05, 4.69) is 5.92 Å². The summed E-state index contributed by atoms with van der Waals surface area (Å²) in [5.41, 5.74) is 0. The minimum atomic E-state index is -0.326. The van der Waals surface area contributed by atoms with Crippen LogP contribution in [0.3, 0.4) is 0 Å². The number of hydrogen-bond acceptors (Lipinski definition) is 1. The van der Waals surface area contributed by atoms with Crippen molar-refractivity contribution >= 4 is 19.8 Å². The second kappa shape index (κ2) is 5.89. The van der Waals surface area contributed by atoms with Gasteiger partial charge in [0.25, 0.3) is 0 Å². The average Bonchev–Trinajstić information content (AvgIpc) is 1.97. The van der Waals surface area contributed by atoms with Crippen LogP contribution in [0.25, 0.3) is 0 Å². The Balaban J connectivity index is 4.11. The van der Waals surface area contributed by atoms with E-state index in [9.17, 15) is 4.79 Å². The Morgan fingerprint density at radius 3 is 2.73 bits per heavy atom. The molecule has 0 heterocycles. The molecule has 0 aliphatic heterocycles. The second-order valence-electron chi connectivity index (χ2n) is 2.04. The molecular weight excluding hydrogens is 155 g/mol. The maximum absolute atomic E-state index is 10.8. The van der Waals surface area contributed by atoms with Gasteiger partial charge in [-0.2, -0.15) is 0 Å². The molecule has 1 unspecified atom stereocenters. The Morgan fingerprint density at radius 1 is 1.73 bits per heavy atom. The summed E-state index contributed by atoms with van der Waals surface area (Å²) >= 11 is 0. The fourth-order valence-corrected chi connectivity index (χ4v) is 1.23. The third kappa shape index (κ3) is 4.53. The fraction of sp³-hybridized carbons (Fsp3) is 0.333. The van der Waals surface area contributed by atoms with Crippen molar-refractivity contribution in [3.05, 3.63) is 11.9 Å². The second-order valence-corrected chi connectivity index (χ2v) is 2.93. The van der Waals surface area contributed by atoms with Crippen LogP contribution < -0.4 is 0 Å². The lowest BCUT2D eigenvalue weighted by atomic mass is 10.1. The molecule has 11 heavy (non-hydrogen) atoms. The van der Waals surface area contributed by atoms with Crippen molar-refractivity contribution in [2.45, 2.75) is 13.8 Å². The predicted molar refractivity (Wildman–Crippen MR) is 50.8 cm³/mol. The number of Topliss-reactive ketones (excluding diaryl/α,β-unsaturated/α-hetero) is 1. The van der Waals surface area contributed by atoms with Gasteiger partial charge in [0, 0.05) is 0 Å². The summed E-state index contributed by atoms with van der Waals surface area (Å²) in [6, 6.07) is 0. The van der Waals surface area contributed by atoms with Crippen molar-refractivity contribution < 1.29 is 4.79 Å². The van der Waals surface area contributed by atoms with Gasteiger partial charge in [-0.15, -0.1) is 6.42 Å². The first-order valence-corrected chi connectivity index (χ1v) is 4.36. The van der Waals surface area contributed by atoms with Crippen molar-refractivity contribution in [3.63, 3.8) is 0 Å². The van der Waals surface area contributed by atoms with Crippen molar-refractivity contribution in [1.82, 2.24) is 0 Å². The molecule has 0 amide bonds. The van der Waals surface area contributed by atoms with E-state index >= 15 is 0 Å². The summed E-state index contributed by atoms with van der Waals surface area (Å²) in [7, 11) is 0.994. The van der Waals surface area contributed by atoms with Gasteiger partial charge in [-0.1, -0.05) is 20.2 Å². The fourth-order valence-electron chi connectivity index (χ4n) is 0.487. The highest BCUT2D eigenvalue weighted by Gasteiger charge is 2.04. The van der Waals surface area contributed by atoms with E-state index in [1.165, 1.54) is 6.92 Å². The SMILES string of the molecule is C#CC(C=P/C=C\C)C(C)=O. The van der Waals surface area contributed by atoms with Crippen LogP contribution in [0.5, 0.6) is 0 Å². The zero-order valence-corrected chi connectivity index (χ0v) is 7.64. The highest BCUT2D eigenvalue weighted by atomic mass is 31.1. The number of rotatable bonds is 3. The molecule has 0 radical (unpaired) electrons. The van der Waals surface area contributed by atoms with Crippen LogP contribution in [-0.4, -0.2) is 11.6 Å². The van der Waals surface area contributed by atoms with Crippen LogP contribution in [0.4, 0.5) is 0 Å². The van der Waals surface area contributed by atoms with Crippen LogP contribution in [0.1, 0.15) is 13.8 Å². The number of carbonyl (C=O) groups is 1. The molecule has 0 aromatic carbocycles. The van der Waals surface area contributed by atoms with E-state index in [-0.39, 0.29) is 11.7 Å². The first kappa shape index (κ1) is 10.1. The van der Waals surface area contributed by atoms with Gasteiger partial charge in [0.15, 0.2) is 0 Å². The average molecular weight is 166 g/mol. The third-order valence-electron chi connectivity index (χ3n) is 1.09. The maximum atomic E-state index is 10.8. The van der Waals surface area contributed by atoms with Gasteiger partial charge < -0.3 is 0 Å². The summed E-state index contributed by atoms with van der Waals surface area (Å²) in [5.74, 6) is 5.87. The zero-order valence-electron chi connectivity index (χ0n) is 6.74. The van der Waals surface area contributed by atoms with Crippen molar-refractivity contribution in [2.75, 3.05) is 0 Å². The van der Waals surface area contributed by atoms with Gasteiger partial charge >= 0.3 is 0 Å². The van der Waals surface area contributed by atoms with Gasteiger partial charge in [0.1, 0.15) is 11.7 Å². The Labute approximate surface area is 69.3 Å². The summed E-state index contributed by atoms with van der Waals surface area (Å²) in [6.45, 7) is 3.44. The number of allylic oxidation sites excluding steroid dienone is 1. The molecule has 0 aliphatic rings. The molecule has 0 aromatic rings. The monoisotopic (exact) mass is 166 g/mol. The zero-order chi connectivity index (χ0) is 8.69. The number of ketones is 1. The largest absolute Gasteiger partial charge is 0.298 e. The quantitative estimate of drug-likeness (QED) is 0.463. The van der Waals surface area contributed by atoms with Crippen LogP contribution in [0, 0.1) is 18.3 Å². The molecule has 0 N–H and O–H groups in total. The standard InChI is InChI=1S/C9H11OP/c1-4-6-11-7-9(5-2)8(3)10/h2,4,6-7,9H,1,3H3/b6-4-. The normalized spacial score (nSPS) is 13.5. The Hall–Kier alpha value is -0.860. The van der Waals surface area contributed by atoms with Crippen LogP contribution in [-0.2, 0) is 4.79 Å². The van der Waals surface area contributed by atoms with E-state index in [0.29, 0.717) is 0 Å². The van der Waals surface area contributed by atoms with Gasteiger partial charge in [-0.25, -0.2) is 0 Å². The van der Waals surface area contributed by atoms with Gasteiger partial charge in [0.2, 0.25) is 0 Å². The molecule has 1 atom stereocenters. The first-order chi connectivity index (χ1) is 5.22. The Morgan fingerprint density at radius 2 is 2.36 bits per heavy atom. The summed E-state index contributed by atoms with van der Waals surface area (Å²) < 4.78 is 0. The smallest absolute Gasteiger partial charge is 0.148 e. The molecule has 0 rings (SSSR count). The molecule has 0 aromatic heterocycles. The van der Waals surface area contributed by atoms with E-state index in [1.54, 1.807) is 0 Å². The lowest BCUT2D eigenvalue weighted by molar-refractivity contribution is -0.117. The number of carbonyl (C=O) groups excluding carboxylic acids is 1. The third-order valence-corrected chi connectivity index (χ3v) is 2.03. The minimum absolute atomic E-state index is 0.0319. The number of terminal acetylenes is 1. The maximum Gasteiger partial charge on any atom is 0.148 e. The summed E-state index contributed by atoms with van der Waals surface area (Å²) in [4.78, 5) is 10.8. The van der Waals surface area contributed by atoms with Crippen LogP contribution in [0.2, 0.25) is 0 Å². The van der Waals surface area contributed by atoms with Crippen LogP contribution >= 0.6 is 8.20 Å². The van der Waals surface area contributed by atoms with Crippen molar-refractivity contribution in [2.24, 2.45) is 5.92 Å². The molecule has 58 valence electrons. The molecule has 0 saturated heterocycles. The lowest BCUT2D eigenvalue weighted by Crippen LogP contribution is -2.07. The van der Waals surface area contributed by atoms with Gasteiger partial charge in [-0.3, -0.25) is 4.79 Å². The molecule has 1 nitrogen and oxygen atoms in total. The van der Waals surface area contributed by atoms with E-state index < -0.39 is 0 Å². The molecular formula is C9H11OP. The molecule has 0 bridgehead atoms. The number of hydrogen-bond donors (Lipinski definition) is 0. The minimum Gasteiger partial charge on any atom is -0.298 e. The lowest BCUT2D eigenvalue weighted by Gasteiger charge is -1.95. The van der Waals surface area contributed by atoms with Gasteiger partial charge in [-0.05, 0) is 25.5 Å². The molecule has 0 fully saturated rings. The topological polar surface area (TPSA) is 17.1 Å².